The van der Waals surface area contributed by atoms with Crippen molar-refractivity contribution in [3.8, 4) is 20.9 Å². The van der Waals surface area contributed by atoms with E-state index in [4.69, 9.17) is 0 Å². The lowest BCUT2D eigenvalue weighted by Crippen LogP contribution is -2.23. The summed E-state index contributed by atoms with van der Waals surface area (Å²) in [5.74, 6) is 0. The highest BCUT2D eigenvalue weighted by molar-refractivity contribution is 7.19. The summed E-state index contributed by atoms with van der Waals surface area (Å²) in [6, 6.07) is 61.9. The van der Waals surface area contributed by atoms with Crippen LogP contribution in [0.15, 0.2) is 170 Å². The average molecular weight is 701 g/mol. The highest BCUT2D eigenvalue weighted by atomic mass is 32.1. The van der Waals surface area contributed by atoms with Crippen LogP contribution in [0.2, 0.25) is 0 Å². The van der Waals surface area contributed by atoms with Crippen LogP contribution < -0.4 is 9.80 Å². The Morgan fingerprint density at radius 3 is 1.21 bits per heavy atom. The van der Waals surface area contributed by atoms with Crippen LogP contribution in [0.25, 0.3) is 31.7 Å². The second-order valence-corrected chi connectivity index (χ2v) is 16.4. The molecule has 1 aromatic heterocycles. The Hall–Kier alpha value is -5.90. The van der Waals surface area contributed by atoms with E-state index in [2.05, 4.69) is 207 Å². The van der Waals surface area contributed by atoms with Gasteiger partial charge in [0.25, 0.3) is 0 Å². The molecule has 256 valence electrons. The molecule has 0 amide bonds. The van der Waals surface area contributed by atoms with Crippen molar-refractivity contribution in [3.05, 3.63) is 192 Å². The predicted octanol–water partition coefficient (Wildman–Crippen LogP) is 14.5. The molecule has 2 aliphatic carbocycles. The van der Waals surface area contributed by atoms with Crippen molar-refractivity contribution >= 4 is 56.2 Å². The van der Waals surface area contributed by atoms with Gasteiger partial charge in [-0.3, -0.25) is 0 Å². The van der Waals surface area contributed by atoms with Gasteiger partial charge in [0.1, 0.15) is 0 Å². The molecule has 0 fully saturated rings. The maximum Gasteiger partial charge on any atom is 0.0468 e. The monoisotopic (exact) mass is 700 g/mol. The summed E-state index contributed by atoms with van der Waals surface area (Å²) in [5.41, 5.74) is 15.2. The molecule has 8 aromatic rings. The molecule has 0 atom stereocenters. The topological polar surface area (TPSA) is 6.48 Å². The summed E-state index contributed by atoms with van der Waals surface area (Å²) >= 11 is 1.99. The van der Waals surface area contributed by atoms with Crippen LogP contribution in [0, 0.1) is 0 Å². The fourth-order valence-corrected chi connectivity index (χ4v) is 10.7. The van der Waals surface area contributed by atoms with Gasteiger partial charge in [-0.2, -0.15) is 0 Å². The van der Waals surface area contributed by atoms with E-state index in [-0.39, 0.29) is 10.8 Å². The maximum atomic E-state index is 2.46. The van der Waals surface area contributed by atoms with Crippen molar-refractivity contribution in [2.75, 3.05) is 9.80 Å². The second-order valence-electron chi connectivity index (χ2n) is 15.4. The molecule has 10 rings (SSSR count). The quantitative estimate of drug-likeness (QED) is 0.170. The van der Waals surface area contributed by atoms with Crippen molar-refractivity contribution in [1.82, 2.24) is 0 Å². The summed E-state index contributed by atoms with van der Waals surface area (Å²) in [6.45, 7) is 9.75. The van der Waals surface area contributed by atoms with Gasteiger partial charge >= 0.3 is 0 Å². The molecule has 0 saturated heterocycles. The third kappa shape index (κ3) is 4.84. The number of hydrogen-bond acceptors (Lipinski definition) is 3. The molecule has 3 heteroatoms. The largest absolute Gasteiger partial charge is 0.310 e. The lowest BCUT2D eigenvalue weighted by molar-refractivity contribution is 0.603. The Morgan fingerprint density at radius 2 is 0.736 bits per heavy atom. The maximum absolute atomic E-state index is 2.46. The summed E-state index contributed by atoms with van der Waals surface area (Å²) in [7, 11) is 0. The lowest BCUT2D eigenvalue weighted by Gasteiger charge is -2.31. The van der Waals surface area contributed by atoms with E-state index >= 15 is 0 Å². The molecule has 53 heavy (non-hydrogen) atoms. The number of hydrogen-bond donors (Lipinski definition) is 0. The molecule has 0 radical (unpaired) electrons. The predicted molar refractivity (Wildman–Crippen MR) is 226 cm³/mol. The first-order valence-electron chi connectivity index (χ1n) is 18.5. The molecule has 0 saturated carbocycles. The van der Waals surface area contributed by atoms with Crippen LogP contribution in [-0.4, -0.2) is 0 Å². The molecule has 0 spiro atoms. The first kappa shape index (κ1) is 31.8. The summed E-state index contributed by atoms with van der Waals surface area (Å²) in [6.07, 6.45) is 0. The summed E-state index contributed by atoms with van der Waals surface area (Å²) < 4.78 is 0. The molecular formula is C50H40N2S. The zero-order valence-electron chi connectivity index (χ0n) is 30.5. The van der Waals surface area contributed by atoms with Gasteiger partial charge in [0.05, 0.1) is 0 Å². The van der Waals surface area contributed by atoms with Crippen molar-refractivity contribution in [1.29, 1.82) is 0 Å². The number of benzene rings is 7. The first-order chi connectivity index (χ1) is 25.8. The van der Waals surface area contributed by atoms with Gasteiger partial charge in [0, 0.05) is 54.7 Å². The van der Waals surface area contributed by atoms with Gasteiger partial charge in [-0.05, 0) is 117 Å². The van der Waals surface area contributed by atoms with E-state index in [1.807, 2.05) is 11.3 Å². The zero-order chi connectivity index (χ0) is 35.9. The van der Waals surface area contributed by atoms with Crippen LogP contribution in [-0.2, 0) is 10.8 Å². The molecule has 1 heterocycles. The standard InChI is InChI=1S/C50H40N2S/c1-49(2)43-31-39(51(35-18-8-5-9-19-35)36-20-10-6-11-21-36)26-28-41(43)47-45(49)46-48(53-47)42-29-27-40(32-44(42)50(46,3)4)52(37-22-12-7-13-23-37)38-25-24-33-16-14-15-17-34(33)30-38/h5-32H,1-4H3. The molecule has 0 unspecified atom stereocenters. The highest BCUT2D eigenvalue weighted by Crippen LogP contribution is 2.64. The number of para-hydroxylation sites is 3. The lowest BCUT2D eigenvalue weighted by atomic mass is 9.74. The van der Waals surface area contributed by atoms with Crippen LogP contribution in [0.1, 0.15) is 49.9 Å². The van der Waals surface area contributed by atoms with Crippen molar-refractivity contribution in [2.24, 2.45) is 0 Å². The molecule has 7 aromatic carbocycles. The molecule has 2 aliphatic rings. The summed E-state index contributed by atoms with van der Waals surface area (Å²) in [4.78, 5) is 7.64. The van der Waals surface area contributed by atoms with E-state index < -0.39 is 0 Å². The Labute approximate surface area is 316 Å². The van der Waals surface area contributed by atoms with Gasteiger partial charge in [0.15, 0.2) is 0 Å². The molecular weight excluding hydrogens is 661 g/mol. The first-order valence-corrected chi connectivity index (χ1v) is 19.3. The minimum Gasteiger partial charge on any atom is -0.310 e. The van der Waals surface area contributed by atoms with Crippen molar-refractivity contribution in [3.63, 3.8) is 0 Å². The fourth-order valence-electron chi connectivity index (χ4n) is 8.99. The minimum absolute atomic E-state index is 0.160. The van der Waals surface area contributed by atoms with E-state index in [9.17, 15) is 0 Å². The third-order valence-electron chi connectivity index (χ3n) is 11.6. The minimum atomic E-state index is -0.168. The number of anilines is 6. The van der Waals surface area contributed by atoms with E-state index in [0.717, 1.165) is 22.7 Å². The van der Waals surface area contributed by atoms with Gasteiger partial charge in [-0.25, -0.2) is 0 Å². The van der Waals surface area contributed by atoms with E-state index in [1.54, 1.807) is 0 Å². The fraction of sp³-hybridized carbons (Fsp3) is 0.120. The second kappa shape index (κ2) is 11.8. The van der Waals surface area contributed by atoms with E-state index in [1.165, 1.54) is 65.3 Å². The number of thiophene rings is 1. The van der Waals surface area contributed by atoms with Crippen LogP contribution in [0.4, 0.5) is 34.1 Å². The number of nitrogens with zero attached hydrogens (tertiary/aromatic N) is 2. The third-order valence-corrected chi connectivity index (χ3v) is 12.8. The van der Waals surface area contributed by atoms with E-state index in [0.29, 0.717) is 0 Å². The zero-order valence-corrected chi connectivity index (χ0v) is 31.3. The van der Waals surface area contributed by atoms with Gasteiger partial charge < -0.3 is 9.80 Å². The van der Waals surface area contributed by atoms with Crippen LogP contribution in [0.5, 0.6) is 0 Å². The average Bonchev–Trinajstić information content (AvgIpc) is 3.77. The van der Waals surface area contributed by atoms with Crippen LogP contribution in [0.3, 0.4) is 0 Å². The highest BCUT2D eigenvalue weighted by Gasteiger charge is 2.48. The normalized spacial score (nSPS) is 14.3. The molecule has 0 aliphatic heterocycles. The SMILES string of the molecule is CC1(C)c2cc(N(c3ccccc3)c3ccccc3)ccc2-c2sc3c(c21)C(C)(C)c1cc(N(c2ccccc2)c2ccc4ccccc4c2)ccc1-3. The molecule has 2 nitrogen and oxygen atoms in total. The van der Waals surface area contributed by atoms with Crippen molar-refractivity contribution in [2.45, 2.75) is 38.5 Å². The van der Waals surface area contributed by atoms with Crippen molar-refractivity contribution < 1.29 is 0 Å². The van der Waals surface area contributed by atoms with Gasteiger partial charge in [-0.15, -0.1) is 11.3 Å². The Balaban J connectivity index is 1.08. The Bertz CT molecular complexity index is 2630. The Morgan fingerprint density at radius 1 is 0.358 bits per heavy atom. The number of rotatable bonds is 6. The number of fused-ring (bicyclic) bond motifs is 8. The summed E-state index contributed by atoms with van der Waals surface area (Å²) in [5, 5.41) is 2.49. The smallest absolute Gasteiger partial charge is 0.0468 e. The van der Waals surface area contributed by atoms with Crippen LogP contribution >= 0.6 is 11.3 Å². The Kier molecular flexibility index (Phi) is 7.09. The molecule has 0 N–H and O–H groups in total. The molecule has 0 bridgehead atoms. The van der Waals surface area contributed by atoms with Gasteiger partial charge in [-0.1, -0.05) is 125 Å². The van der Waals surface area contributed by atoms with Gasteiger partial charge in [0.2, 0.25) is 0 Å².